The van der Waals surface area contributed by atoms with Crippen molar-refractivity contribution in [3.05, 3.63) is 41.0 Å². The second kappa shape index (κ2) is 5.90. The van der Waals surface area contributed by atoms with Crippen molar-refractivity contribution in [2.24, 2.45) is 5.92 Å². The van der Waals surface area contributed by atoms with Crippen LogP contribution in [0.4, 0.5) is 0 Å². The van der Waals surface area contributed by atoms with Gasteiger partial charge < -0.3 is 4.90 Å². The van der Waals surface area contributed by atoms with E-state index in [0.717, 1.165) is 30.8 Å². The van der Waals surface area contributed by atoms with E-state index >= 15 is 0 Å². The molecule has 4 nitrogen and oxygen atoms in total. The molecule has 110 valence electrons. The zero-order valence-corrected chi connectivity index (χ0v) is 12.7. The molecule has 0 saturated carbocycles. The maximum absolute atomic E-state index is 12.5. The Kier molecular flexibility index (Phi) is 3.97. The number of likely N-dealkylation sites (tertiary alicyclic amines) is 1. The standard InChI is InChI=1S/C16H18ClN3O/c1-11-3-2-8-20(10-11)16(21)15-9-14(18-19-15)12-4-6-13(17)7-5-12/h4-7,9,11H,2-3,8,10H2,1H3,(H,18,19)/t11-/m1/s1. The molecule has 21 heavy (non-hydrogen) atoms. The lowest BCUT2D eigenvalue weighted by molar-refractivity contribution is 0.0677. The van der Waals surface area contributed by atoms with Crippen LogP contribution in [0.2, 0.25) is 5.02 Å². The summed E-state index contributed by atoms with van der Waals surface area (Å²) in [5, 5.41) is 7.78. The van der Waals surface area contributed by atoms with Crippen molar-refractivity contribution >= 4 is 17.5 Å². The highest BCUT2D eigenvalue weighted by molar-refractivity contribution is 6.30. The number of hydrogen-bond donors (Lipinski definition) is 1. The fourth-order valence-electron chi connectivity index (χ4n) is 2.74. The molecule has 1 N–H and O–H groups in total. The van der Waals surface area contributed by atoms with Crippen LogP contribution in [-0.4, -0.2) is 34.1 Å². The number of rotatable bonds is 2. The molecule has 0 spiro atoms. The number of nitrogens with zero attached hydrogens (tertiary/aromatic N) is 2. The number of nitrogens with one attached hydrogen (secondary N) is 1. The van der Waals surface area contributed by atoms with E-state index < -0.39 is 0 Å². The Morgan fingerprint density at radius 2 is 2.14 bits per heavy atom. The molecule has 1 fully saturated rings. The van der Waals surface area contributed by atoms with Gasteiger partial charge in [0.1, 0.15) is 5.69 Å². The molecule has 1 aromatic carbocycles. The molecule has 0 radical (unpaired) electrons. The minimum atomic E-state index is 0.0364. The molecule has 1 aliphatic rings. The van der Waals surface area contributed by atoms with Gasteiger partial charge in [-0.1, -0.05) is 30.7 Å². The number of halogens is 1. The van der Waals surface area contributed by atoms with Gasteiger partial charge in [0.05, 0.1) is 5.69 Å². The fraction of sp³-hybridized carbons (Fsp3) is 0.375. The zero-order chi connectivity index (χ0) is 14.8. The number of aromatic amines is 1. The summed E-state index contributed by atoms with van der Waals surface area (Å²) in [7, 11) is 0. The fourth-order valence-corrected chi connectivity index (χ4v) is 2.87. The predicted octanol–water partition coefficient (Wildman–Crippen LogP) is 3.60. The van der Waals surface area contributed by atoms with Crippen LogP contribution in [0.5, 0.6) is 0 Å². The molecule has 0 aliphatic carbocycles. The van der Waals surface area contributed by atoms with Gasteiger partial charge in [0.2, 0.25) is 0 Å². The summed E-state index contributed by atoms with van der Waals surface area (Å²) in [5.41, 5.74) is 2.26. The maximum atomic E-state index is 12.5. The van der Waals surface area contributed by atoms with Crippen molar-refractivity contribution in [1.82, 2.24) is 15.1 Å². The minimum absolute atomic E-state index is 0.0364. The second-order valence-corrected chi connectivity index (χ2v) is 6.11. The van der Waals surface area contributed by atoms with Crippen molar-refractivity contribution in [3.8, 4) is 11.3 Å². The lowest BCUT2D eigenvalue weighted by Crippen LogP contribution is -2.39. The van der Waals surface area contributed by atoms with E-state index in [9.17, 15) is 4.79 Å². The monoisotopic (exact) mass is 303 g/mol. The lowest BCUT2D eigenvalue weighted by atomic mass is 10.00. The highest BCUT2D eigenvalue weighted by Gasteiger charge is 2.23. The van der Waals surface area contributed by atoms with E-state index in [1.54, 1.807) is 0 Å². The molecule has 0 bridgehead atoms. The summed E-state index contributed by atoms with van der Waals surface area (Å²) in [6, 6.07) is 9.25. The summed E-state index contributed by atoms with van der Waals surface area (Å²) < 4.78 is 0. The smallest absolute Gasteiger partial charge is 0.271 e. The van der Waals surface area contributed by atoms with Crippen molar-refractivity contribution in [1.29, 1.82) is 0 Å². The van der Waals surface area contributed by atoms with Crippen LogP contribution in [0.3, 0.4) is 0 Å². The van der Waals surface area contributed by atoms with Gasteiger partial charge in [-0.15, -0.1) is 0 Å². The molecular weight excluding hydrogens is 286 g/mol. The normalized spacial score (nSPS) is 18.8. The van der Waals surface area contributed by atoms with Gasteiger partial charge in [0, 0.05) is 23.7 Å². The summed E-state index contributed by atoms with van der Waals surface area (Å²) in [5.74, 6) is 0.607. The number of benzene rings is 1. The molecule has 1 aliphatic heterocycles. The third kappa shape index (κ3) is 3.10. The van der Waals surface area contributed by atoms with Crippen molar-refractivity contribution in [2.75, 3.05) is 13.1 Å². The Morgan fingerprint density at radius 3 is 2.86 bits per heavy atom. The van der Waals surface area contributed by atoms with Crippen LogP contribution >= 0.6 is 11.6 Å². The van der Waals surface area contributed by atoms with E-state index in [4.69, 9.17) is 11.6 Å². The van der Waals surface area contributed by atoms with Crippen LogP contribution in [0.1, 0.15) is 30.3 Å². The average molecular weight is 304 g/mol. The molecule has 1 aromatic heterocycles. The van der Waals surface area contributed by atoms with E-state index in [-0.39, 0.29) is 5.91 Å². The quantitative estimate of drug-likeness (QED) is 0.921. The summed E-state index contributed by atoms with van der Waals surface area (Å²) in [6.07, 6.45) is 2.27. The largest absolute Gasteiger partial charge is 0.337 e. The first kappa shape index (κ1) is 14.1. The number of carbonyl (C=O) groups is 1. The van der Waals surface area contributed by atoms with Crippen LogP contribution < -0.4 is 0 Å². The third-order valence-corrected chi connectivity index (χ3v) is 4.14. The summed E-state index contributed by atoms with van der Waals surface area (Å²) >= 11 is 5.88. The van der Waals surface area contributed by atoms with Gasteiger partial charge in [0.25, 0.3) is 5.91 Å². The van der Waals surface area contributed by atoms with E-state index in [1.807, 2.05) is 35.2 Å². The predicted molar refractivity (Wildman–Crippen MR) is 83.3 cm³/mol. The molecule has 1 atom stereocenters. The first-order valence-corrected chi connectivity index (χ1v) is 7.62. The van der Waals surface area contributed by atoms with E-state index in [2.05, 4.69) is 17.1 Å². The van der Waals surface area contributed by atoms with Crippen LogP contribution in [-0.2, 0) is 0 Å². The number of carbonyl (C=O) groups excluding carboxylic acids is 1. The lowest BCUT2D eigenvalue weighted by Gasteiger charge is -2.30. The first-order chi connectivity index (χ1) is 10.1. The van der Waals surface area contributed by atoms with Gasteiger partial charge in [-0.05, 0) is 37.0 Å². The Balaban J connectivity index is 1.78. The zero-order valence-electron chi connectivity index (χ0n) is 12.0. The molecular formula is C16H18ClN3O. The minimum Gasteiger partial charge on any atom is -0.337 e. The molecule has 1 amide bonds. The van der Waals surface area contributed by atoms with E-state index in [1.165, 1.54) is 6.42 Å². The van der Waals surface area contributed by atoms with E-state index in [0.29, 0.717) is 16.6 Å². The Morgan fingerprint density at radius 1 is 1.38 bits per heavy atom. The maximum Gasteiger partial charge on any atom is 0.271 e. The van der Waals surface area contributed by atoms with Gasteiger partial charge >= 0.3 is 0 Å². The van der Waals surface area contributed by atoms with Crippen molar-refractivity contribution in [3.63, 3.8) is 0 Å². The van der Waals surface area contributed by atoms with Gasteiger partial charge in [-0.25, -0.2) is 0 Å². The Hall–Kier alpha value is -1.81. The second-order valence-electron chi connectivity index (χ2n) is 5.67. The van der Waals surface area contributed by atoms with Gasteiger partial charge in [0.15, 0.2) is 0 Å². The molecule has 2 heterocycles. The summed E-state index contributed by atoms with van der Waals surface area (Å²) in [6.45, 7) is 3.85. The van der Waals surface area contributed by atoms with Gasteiger partial charge in [-0.2, -0.15) is 5.10 Å². The molecule has 5 heteroatoms. The number of amides is 1. The first-order valence-electron chi connectivity index (χ1n) is 7.24. The number of H-pyrrole nitrogens is 1. The number of aromatic nitrogens is 2. The van der Waals surface area contributed by atoms with Crippen LogP contribution in [0, 0.1) is 5.92 Å². The van der Waals surface area contributed by atoms with Crippen molar-refractivity contribution in [2.45, 2.75) is 19.8 Å². The number of hydrogen-bond acceptors (Lipinski definition) is 2. The molecule has 1 saturated heterocycles. The average Bonchev–Trinajstić information content (AvgIpc) is 2.97. The topological polar surface area (TPSA) is 49.0 Å². The molecule has 0 unspecified atom stereocenters. The highest BCUT2D eigenvalue weighted by atomic mass is 35.5. The molecule has 2 aromatic rings. The van der Waals surface area contributed by atoms with Gasteiger partial charge in [-0.3, -0.25) is 9.89 Å². The Bertz CT molecular complexity index is 635. The SMILES string of the molecule is C[C@@H]1CCCN(C(=O)c2cc(-c3ccc(Cl)cc3)n[nH]2)C1. The molecule has 3 rings (SSSR count). The Labute approximate surface area is 129 Å². The number of piperidine rings is 1. The van der Waals surface area contributed by atoms with Crippen LogP contribution in [0.15, 0.2) is 30.3 Å². The van der Waals surface area contributed by atoms with Crippen LogP contribution in [0.25, 0.3) is 11.3 Å². The highest BCUT2D eigenvalue weighted by Crippen LogP contribution is 2.22. The van der Waals surface area contributed by atoms with Crippen molar-refractivity contribution < 1.29 is 4.79 Å². The summed E-state index contributed by atoms with van der Waals surface area (Å²) in [4.78, 5) is 14.4. The third-order valence-electron chi connectivity index (χ3n) is 3.89.